The Bertz CT molecular complexity index is 949. The molecule has 0 aliphatic carbocycles. The van der Waals surface area contributed by atoms with Crippen molar-refractivity contribution in [2.24, 2.45) is 4.99 Å². The number of benzene rings is 1. The van der Waals surface area contributed by atoms with Crippen LogP contribution in [0.5, 0.6) is 0 Å². The van der Waals surface area contributed by atoms with Crippen molar-refractivity contribution in [2.45, 2.75) is 19.9 Å². The number of rotatable bonds is 4. The Morgan fingerprint density at radius 3 is 2.83 bits per heavy atom. The minimum Gasteiger partial charge on any atom is -0.312 e. The number of halogens is 1. The molecule has 0 unspecified atom stereocenters. The smallest absolute Gasteiger partial charge is 0.289 e. The van der Waals surface area contributed by atoms with Crippen molar-refractivity contribution in [3.05, 3.63) is 62.6 Å². The van der Waals surface area contributed by atoms with Gasteiger partial charge in [-0.05, 0) is 36.2 Å². The number of aryl methyl sites for hydroxylation is 1. The lowest BCUT2D eigenvalue weighted by molar-refractivity contribution is 0.100. The summed E-state index contributed by atoms with van der Waals surface area (Å²) >= 11 is 8.66. The van der Waals surface area contributed by atoms with Crippen LogP contribution >= 0.6 is 34.3 Å². The third-order valence-electron chi connectivity index (χ3n) is 3.45. The number of hydrogen-bond donors (Lipinski definition) is 0. The van der Waals surface area contributed by atoms with Crippen molar-refractivity contribution in [2.75, 3.05) is 0 Å². The minimum absolute atomic E-state index is 0.262. The maximum absolute atomic E-state index is 12.3. The standard InChI is InChI=1S/C17H15ClN2OS2/c1-3-9-20-12-6-5-11(4-2)10-14(12)23-17(20)19-16(21)13-7-8-15(18)22-13/h3,5-8,10H,1,4,9H2,2H3. The highest BCUT2D eigenvalue weighted by Crippen LogP contribution is 2.23. The van der Waals surface area contributed by atoms with Crippen LogP contribution in [-0.2, 0) is 13.0 Å². The van der Waals surface area contributed by atoms with Gasteiger partial charge in [0.1, 0.15) is 0 Å². The van der Waals surface area contributed by atoms with E-state index in [-0.39, 0.29) is 5.91 Å². The summed E-state index contributed by atoms with van der Waals surface area (Å²) in [6, 6.07) is 9.77. The Hall–Kier alpha value is -1.69. The third-order valence-corrected chi connectivity index (χ3v) is 5.71. The normalized spacial score (nSPS) is 12.0. The molecule has 0 aliphatic rings. The lowest BCUT2D eigenvalue weighted by atomic mass is 10.2. The highest BCUT2D eigenvalue weighted by Gasteiger charge is 2.10. The zero-order valence-corrected chi connectivity index (χ0v) is 15.0. The van der Waals surface area contributed by atoms with Gasteiger partial charge < -0.3 is 4.57 Å². The van der Waals surface area contributed by atoms with Gasteiger partial charge in [-0.15, -0.1) is 17.9 Å². The van der Waals surface area contributed by atoms with E-state index in [1.165, 1.54) is 28.2 Å². The number of allylic oxidation sites excluding steroid dienone is 1. The molecule has 2 aromatic heterocycles. The van der Waals surface area contributed by atoms with E-state index in [0.717, 1.165) is 16.6 Å². The van der Waals surface area contributed by atoms with Gasteiger partial charge in [-0.25, -0.2) is 0 Å². The molecule has 6 heteroatoms. The lowest BCUT2D eigenvalue weighted by Gasteiger charge is -2.01. The molecule has 1 amide bonds. The first kappa shape index (κ1) is 16.2. The van der Waals surface area contributed by atoms with E-state index in [2.05, 4.69) is 36.7 Å². The van der Waals surface area contributed by atoms with Crippen molar-refractivity contribution in [1.82, 2.24) is 4.57 Å². The average molecular weight is 363 g/mol. The van der Waals surface area contributed by atoms with Gasteiger partial charge in [-0.1, -0.05) is 42.0 Å². The summed E-state index contributed by atoms with van der Waals surface area (Å²) in [6.07, 6.45) is 2.79. The molecule has 0 radical (unpaired) electrons. The molecule has 1 aromatic carbocycles. The minimum atomic E-state index is -0.262. The van der Waals surface area contributed by atoms with E-state index in [9.17, 15) is 4.79 Å². The molecule has 118 valence electrons. The van der Waals surface area contributed by atoms with Gasteiger partial charge in [0, 0.05) is 6.54 Å². The van der Waals surface area contributed by atoms with Crippen LogP contribution in [0.2, 0.25) is 4.34 Å². The molecular formula is C17H15ClN2OS2. The third kappa shape index (κ3) is 3.32. The summed E-state index contributed by atoms with van der Waals surface area (Å²) in [5.41, 5.74) is 2.34. The van der Waals surface area contributed by atoms with Gasteiger partial charge in [-0.2, -0.15) is 4.99 Å². The van der Waals surface area contributed by atoms with E-state index in [4.69, 9.17) is 11.6 Å². The van der Waals surface area contributed by atoms with E-state index in [0.29, 0.717) is 20.6 Å². The zero-order valence-electron chi connectivity index (χ0n) is 12.6. The summed E-state index contributed by atoms with van der Waals surface area (Å²) in [7, 11) is 0. The van der Waals surface area contributed by atoms with Crippen LogP contribution in [0.25, 0.3) is 10.2 Å². The highest BCUT2D eigenvalue weighted by molar-refractivity contribution is 7.18. The molecule has 3 nitrogen and oxygen atoms in total. The molecule has 0 bridgehead atoms. The molecule has 0 spiro atoms. The van der Waals surface area contributed by atoms with Gasteiger partial charge in [0.15, 0.2) is 4.80 Å². The van der Waals surface area contributed by atoms with Crippen LogP contribution in [0, 0.1) is 0 Å². The number of hydrogen-bond acceptors (Lipinski definition) is 3. The van der Waals surface area contributed by atoms with Crippen molar-refractivity contribution in [1.29, 1.82) is 0 Å². The van der Waals surface area contributed by atoms with Crippen LogP contribution < -0.4 is 4.80 Å². The zero-order chi connectivity index (χ0) is 16.4. The number of amides is 1. The molecule has 0 N–H and O–H groups in total. The number of carbonyl (C=O) groups is 1. The maximum atomic E-state index is 12.3. The Morgan fingerprint density at radius 2 is 2.17 bits per heavy atom. The summed E-state index contributed by atoms with van der Waals surface area (Å²) in [6.45, 7) is 6.54. The number of fused-ring (bicyclic) bond motifs is 1. The SMILES string of the molecule is C=CCn1c(=NC(=O)c2ccc(Cl)s2)sc2cc(CC)ccc21. The molecule has 3 aromatic rings. The summed E-state index contributed by atoms with van der Waals surface area (Å²) in [5.74, 6) is -0.262. The first-order chi connectivity index (χ1) is 11.1. The van der Waals surface area contributed by atoms with Gasteiger partial charge in [0.05, 0.1) is 19.4 Å². The van der Waals surface area contributed by atoms with E-state index >= 15 is 0 Å². The number of thiazole rings is 1. The summed E-state index contributed by atoms with van der Waals surface area (Å²) in [4.78, 5) is 17.9. The number of aromatic nitrogens is 1. The number of thiophene rings is 1. The van der Waals surface area contributed by atoms with E-state index in [1.54, 1.807) is 12.1 Å². The van der Waals surface area contributed by atoms with Gasteiger partial charge in [-0.3, -0.25) is 4.79 Å². The lowest BCUT2D eigenvalue weighted by Crippen LogP contribution is -2.15. The molecular weight excluding hydrogens is 348 g/mol. The van der Waals surface area contributed by atoms with Crippen LogP contribution in [0.15, 0.2) is 48.0 Å². The number of nitrogens with zero attached hydrogens (tertiary/aromatic N) is 2. The predicted molar refractivity (Wildman–Crippen MR) is 98.6 cm³/mol. The topological polar surface area (TPSA) is 34.4 Å². The Kier molecular flexibility index (Phi) is 4.80. The van der Waals surface area contributed by atoms with Crippen LogP contribution in [0.3, 0.4) is 0 Å². The second-order valence-corrected chi connectivity index (χ2v) is 7.68. The van der Waals surface area contributed by atoms with Crippen LogP contribution in [0.4, 0.5) is 0 Å². The largest absolute Gasteiger partial charge is 0.312 e. The second kappa shape index (κ2) is 6.83. The van der Waals surface area contributed by atoms with Gasteiger partial charge in [0.2, 0.25) is 0 Å². The fraction of sp³-hybridized carbons (Fsp3) is 0.176. The number of carbonyl (C=O) groups excluding carboxylic acids is 1. The van der Waals surface area contributed by atoms with Crippen molar-refractivity contribution >= 4 is 50.4 Å². The van der Waals surface area contributed by atoms with Crippen LogP contribution in [0.1, 0.15) is 22.2 Å². The monoisotopic (exact) mass is 362 g/mol. The highest BCUT2D eigenvalue weighted by atomic mass is 35.5. The Balaban J connectivity index is 2.15. The molecule has 3 rings (SSSR count). The molecule has 23 heavy (non-hydrogen) atoms. The average Bonchev–Trinajstić information content (AvgIpc) is 3.11. The van der Waals surface area contributed by atoms with Crippen molar-refractivity contribution in [3.8, 4) is 0 Å². The van der Waals surface area contributed by atoms with Crippen molar-refractivity contribution < 1.29 is 4.79 Å². The molecule has 0 fully saturated rings. The van der Waals surface area contributed by atoms with Gasteiger partial charge in [0.25, 0.3) is 5.91 Å². The second-order valence-electron chi connectivity index (χ2n) is 4.96. The summed E-state index contributed by atoms with van der Waals surface area (Å²) < 4.78 is 3.73. The molecule has 0 aliphatic heterocycles. The fourth-order valence-corrected chi connectivity index (χ4v) is 4.33. The predicted octanol–water partition coefficient (Wildman–Crippen LogP) is 4.91. The van der Waals surface area contributed by atoms with Gasteiger partial charge >= 0.3 is 0 Å². The fourth-order valence-electron chi connectivity index (χ4n) is 2.30. The molecule has 0 saturated heterocycles. The molecule has 2 heterocycles. The maximum Gasteiger partial charge on any atom is 0.289 e. The quantitative estimate of drug-likeness (QED) is 0.607. The van der Waals surface area contributed by atoms with E-state index in [1.807, 2.05) is 10.6 Å². The molecule has 0 saturated carbocycles. The van der Waals surface area contributed by atoms with Crippen molar-refractivity contribution in [3.63, 3.8) is 0 Å². The summed E-state index contributed by atoms with van der Waals surface area (Å²) in [5, 5.41) is 0. The Labute approximate surface area is 147 Å². The Morgan fingerprint density at radius 1 is 1.35 bits per heavy atom. The first-order valence-electron chi connectivity index (χ1n) is 7.20. The first-order valence-corrected chi connectivity index (χ1v) is 9.21. The molecule has 0 atom stereocenters. The van der Waals surface area contributed by atoms with Crippen LogP contribution in [-0.4, -0.2) is 10.5 Å². The van der Waals surface area contributed by atoms with E-state index < -0.39 is 0 Å².